The molecule has 1 fully saturated rings. The van der Waals surface area contributed by atoms with Gasteiger partial charge in [0.2, 0.25) is 0 Å². The minimum absolute atomic E-state index is 0.389. The molecule has 128 valence electrons. The second kappa shape index (κ2) is 6.25. The summed E-state index contributed by atoms with van der Waals surface area (Å²) in [5.41, 5.74) is 6.65. The van der Waals surface area contributed by atoms with Crippen LogP contribution in [0.15, 0.2) is 18.3 Å². The van der Waals surface area contributed by atoms with Crippen LogP contribution in [0, 0.1) is 19.8 Å². The first kappa shape index (κ1) is 15.7. The van der Waals surface area contributed by atoms with Crippen LogP contribution in [-0.2, 0) is 19.3 Å². The van der Waals surface area contributed by atoms with E-state index in [1.807, 2.05) is 18.3 Å². The molecule has 24 heavy (non-hydrogen) atoms. The highest BCUT2D eigenvalue weighted by Gasteiger charge is 2.31. The standard InChI is InChI=1S/C20H27N3O/c1-13-7-18(24)8-14(2)19(13)9-15-5-6-23(12-15)17-3-4-20-16(10-17)11-21-22-20/h7-8,11,15,17,24H,3-6,9-10,12H2,1-2H3,(H,21,22)/t15-,17?/m0/s1. The number of aromatic amines is 1. The summed E-state index contributed by atoms with van der Waals surface area (Å²) in [6.45, 7) is 6.67. The van der Waals surface area contributed by atoms with Gasteiger partial charge in [-0.2, -0.15) is 5.10 Å². The third-order valence-corrected chi connectivity index (χ3v) is 6.00. The maximum Gasteiger partial charge on any atom is 0.116 e. The molecule has 0 amide bonds. The fraction of sp³-hybridized carbons (Fsp3) is 0.550. The van der Waals surface area contributed by atoms with E-state index in [2.05, 4.69) is 28.9 Å². The molecule has 1 saturated heterocycles. The van der Waals surface area contributed by atoms with Crippen LogP contribution in [0.5, 0.6) is 5.75 Å². The van der Waals surface area contributed by atoms with Gasteiger partial charge in [0.1, 0.15) is 5.75 Å². The number of aryl methyl sites for hydroxylation is 3. The number of rotatable bonds is 3. The van der Waals surface area contributed by atoms with E-state index in [-0.39, 0.29) is 0 Å². The SMILES string of the molecule is Cc1cc(O)cc(C)c1C[C@@H]1CCN(C2CCc3[nH]ncc3C2)C1. The summed E-state index contributed by atoms with van der Waals surface area (Å²) >= 11 is 0. The highest BCUT2D eigenvalue weighted by Crippen LogP contribution is 2.31. The zero-order valence-corrected chi connectivity index (χ0v) is 14.7. The molecule has 1 aromatic heterocycles. The van der Waals surface area contributed by atoms with Crippen LogP contribution in [-0.4, -0.2) is 39.3 Å². The number of hydrogen-bond acceptors (Lipinski definition) is 3. The Kier molecular flexibility index (Phi) is 4.09. The molecule has 4 heteroatoms. The number of phenolic OH excluding ortho intramolecular Hbond substituents is 1. The van der Waals surface area contributed by atoms with Crippen LogP contribution in [0.2, 0.25) is 0 Å². The largest absolute Gasteiger partial charge is 0.508 e. The van der Waals surface area contributed by atoms with Gasteiger partial charge in [-0.1, -0.05) is 0 Å². The first-order chi connectivity index (χ1) is 11.6. The first-order valence-electron chi connectivity index (χ1n) is 9.14. The van der Waals surface area contributed by atoms with Crippen LogP contribution < -0.4 is 0 Å². The molecule has 2 N–H and O–H groups in total. The van der Waals surface area contributed by atoms with E-state index < -0.39 is 0 Å². The van der Waals surface area contributed by atoms with E-state index >= 15 is 0 Å². The zero-order valence-electron chi connectivity index (χ0n) is 14.7. The number of hydrogen-bond donors (Lipinski definition) is 2. The van der Waals surface area contributed by atoms with Crippen molar-refractivity contribution in [3.63, 3.8) is 0 Å². The molecule has 1 aromatic carbocycles. The fourth-order valence-corrected chi connectivity index (χ4v) is 4.65. The molecule has 0 bridgehead atoms. The van der Waals surface area contributed by atoms with Gasteiger partial charge >= 0.3 is 0 Å². The number of benzene rings is 1. The lowest BCUT2D eigenvalue weighted by molar-refractivity contribution is 0.213. The van der Waals surface area contributed by atoms with Crippen LogP contribution >= 0.6 is 0 Å². The Morgan fingerprint density at radius 1 is 1.25 bits per heavy atom. The molecule has 0 radical (unpaired) electrons. The van der Waals surface area contributed by atoms with E-state index in [0.717, 1.165) is 25.2 Å². The third-order valence-electron chi connectivity index (χ3n) is 6.00. The molecule has 0 spiro atoms. The molecular formula is C20H27N3O. The molecule has 4 rings (SSSR count). The van der Waals surface area contributed by atoms with Gasteiger partial charge in [-0.25, -0.2) is 0 Å². The van der Waals surface area contributed by atoms with E-state index in [0.29, 0.717) is 11.8 Å². The summed E-state index contributed by atoms with van der Waals surface area (Å²) in [5, 5.41) is 17.1. The second-order valence-corrected chi connectivity index (χ2v) is 7.68. The topological polar surface area (TPSA) is 52.1 Å². The van der Waals surface area contributed by atoms with Gasteiger partial charge in [-0.05, 0) is 92.8 Å². The maximum absolute atomic E-state index is 9.74. The van der Waals surface area contributed by atoms with E-state index in [1.165, 1.54) is 53.9 Å². The summed E-state index contributed by atoms with van der Waals surface area (Å²) in [6, 6.07) is 4.48. The highest BCUT2D eigenvalue weighted by atomic mass is 16.3. The minimum Gasteiger partial charge on any atom is -0.508 e. The van der Waals surface area contributed by atoms with Gasteiger partial charge in [-0.15, -0.1) is 0 Å². The highest BCUT2D eigenvalue weighted by molar-refractivity contribution is 5.40. The van der Waals surface area contributed by atoms with Crippen molar-refractivity contribution in [3.05, 3.63) is 46.3 Å². The van der Waals surface area contributed by atoms with Crippen molar-refractivity contribution in [1.82, 2.24) is 15.1 Å². The van der Waals surface area contributed by atoms with Gasteiger partial charge < -0.3 is 5.11 Å². The van der Waals surface area contributed by atoms with Gasteiger partial charge in [0.05, 0.1) is 6.20 Å². The second-order valence-electron chi connectivity index (χ2n) is 7.68. The molecule has 2 atom stereocenters. The molecule has 1 aliphatic heterocycles. The molecule has 2 heterocycles. The Labute approximate surface area is 143 Å². The third kappa shape index (κ3) is 2.95. The zero-order chi connectivity index (χ0) is 16.7. The fourth-order valence-electron chi connectivity index (χ4n) is 4.65. The molecule has 0 saturated carbocycles. The average Bonchev–Trinajstić information content (AvgIpc) is 3.19. The van der Waals surface area contributed by atoms with Crippen LogP contribution in [0.4, 0.5) is 0 Å². The number of phenols is 1. The van der Waals surface area contributed by atoms with Crippen molar-refractivity contribution < 1.29 is 5.11 Å². The lowest BCUT2D eigenvalue weighted by Crippen LogP contribution is -2.37. The number of fused-ring (bicyclic) bond motifs is 1. The summed E-state index contributed by atoms with van der Waals surface area (Å²) < 4.78 is 0. The molecule has 2 aliphatic rings. The predicted molar refractivity (Wildman–Crippen MR) is 95.4 cm³/mol. The van der Waals surface area contributed by atoms with Gasteiger partial charge in [0.15, 0.2) is 0 Å². The Balaban J connectivity index is 1.41. The Bertz CT molecular complexity index is 713. The monoisotopic (exact) mass is 325 g/mol. The summed E-state index contributed by atoms with van der Waals surface area (Å²) in [7, 11) is 0. The average molecular weight is 325 g/mol. The Morgan fingerprint density at radius 3 is 2.83 bits per heavy atom. The molecular weight excluding hydrogens is 298 g/mol. The lowest BCUT2D eigenvalue weighted by atomic mass is 9.91. The van der Waals surface area contributed by atoms with E-state index in [9.17, 15) is 5.11 Å². The molecule has 4 nitrogen and oxygen atoms in total. The lowest BCUT2D eigenvalue weighted by Gasteiger charge is -2.31. The predicted octanol–water partition coefficient (Wildman–Crippen LogP) is 3.15. The number of likely N-dealkylation sites (tertiary alicyclic amines) is 1. The van der Waals surface area contributed by atoms with Crippen LogP contribution in [0.25, 0.3) is 0 Å². The maximum atomic E-state index is 9.74. The molecule has 1 aliphatic carbocycles. The van der Waals surface area contributed by atoms with Gasteiger partial charge in [-0.3, -0.25) is 10.00 Å². The number of nitrogens with one attached hydrogen (secondary N) is 1. The van der Waals surface area contributed by atoms with Crippen molar-refractivity contribution in [2.24, 2.45) is 5.92 Å². The van der Waals surface area contributed by atoms with Crippen LogP contribution in [0.3, 0.4) is 0 Å². The number of aromatic nitrogens is 2. The van der Waals surface area contributed by atoms with E-state index in [4.69, 9.17) is 0 Å². The van der Waals surface area contributed by atoms with Crippen molar-refractivity contribution in [2.45, 2.75) is 52.0 Å². The minimum atomic E-state index is 0.389. The number of aromatic hydroxyl groups is 1. The summed E-state index contributed by atoms with van der Waals surface area (Å²) in [6.07, 6.45) is 7.97. The van der Waals surface area contributed by atoms with Gasteiger partial charge in [0, 0.05) is 18.3 Å². The van der Waals surface area contributed by atoms with Crippen molar-refractivity contribution in [3.8, 4) is 5.75 Å². The van der Waals surface area contributed by atoms with E-state index in [1.54, 1.807) is 0 Å². The molecule has 1 unspecified atom stereocenters. The quantitative estimate of drug-likeness (QED) is 0.911. The van der Waals surface area contributed by atoms with Crippen molar-refractivity contribution >= 4 is 0 Å². The Morgan fingerprint density at radius 2 is 2.04 bits per heavy atom. The van der Waals surface area contributed by atoms with Crippen LogP contribution in [0.1, 0.15) is 40.8 Å². The molecule has 2 aromatic rings. The van der Waals surface area contributed by atoms with Crippen molar-refractivity contribution in [2.75, 3.05) is 13.1 Å². The Hall–Kier alpha value is -1.81. The first-order valence-corrected chi connectivity index (χ1v) is 9.14. The number of H-pyrrole nitrogens is 1. The smallest absolute Gasteiger partial charge is 0.116 e. The van der Waals surface area contributed by atoms with Gasteiger partial charge in [0.25, 0.3) is 0 Å². The summed E-state index contributed by atoms with van der Waals surface area (Å²) in [4.78, 5) is 2.70. The van der Waals surface area contributed by atoms with Crippen molar-refractivity contribution in [1.29, 1.82) is 0 Å². The summed E-state index contributed by atoms with van der Waals surface area (Å²) in [5.74, 6) is 1.12. The number of nitrogens with zero attached hydrogens (tertiary/aromatic N) is 2. The normalized spacial score (nSPS) is 24.2.